The van der Waals surface area contributed by atoms with Crippen LogP contribution in [0.5, 0.6) is 0 Å². The molecule has 0 aliphatic rings. The summed E-state index contributed by atoms with van der Waals surface area (Å²) in [5, 5.41) is 2.69. The standard InChI is InChI=1S/C16H17FN2O/c17-13-9-4-10-14(18)15(13)16(20)19-11-5-8-12-6-2-1-3-7-12/h1-4,6-7,9-10H,5,8,11,18H2,(H,19,20). The normalized spacial score (nSPS) is 10.2. The van der Waals surface area contributed by atoms with E-state index in [1.165, 1.54) is 23.8 Å². The van der Waals surface area contributed by atoms with E-state index in [0.29, 0.717) is 6.54 Å². The van der Waals surface area contributed by atoms with Gasteiger partial charge >= 0.3 is 0 Å². The molecule has 0 aromatic heterocycles. The molecule has 2 rings (SSSR count). The summed E-state index contributed by atoms with van der Waals surface area (Å²) in [5.41, 5.74) is 6.91. The van der Waals surface area contributed by atoms with Crippen molar-refractivity contribution in [3.05, 3.63) is 65.5 Å². The highest BCUT2D eigenvalue weighted by Crippen LogP contribution is 2.15. The molecular formula is C16H17FN2O. The van der Waals surface area contributed by atoms with Crippen LogP contribution in [0.25, 0.3) is 0 Å². The molecule has 0 fully saturated rings. The first-order chi connectivity index (χ1) is 9.68. The third kappa shape index (κ3) is 3.57. The van der Waals surface area contributed by atoms with Crippen molar-refractivity contribution in [2.45, 2.75) is 12.8 Å². The maximum absolute atomic E-state index is 13.5. The van der Waals surface area contributed by atoms with Gasteiger partial charge in [-0.2, -0.15) is 0 Å². The molecule has 0 atom stereocenters. The predicted molar refractivity (Wildman–Crippen MR) is 77.9 cm³/mol. The number of aryl methyl sites for hydroxylation is 1. The Labute approximate surface area is 117 Å². The van der Waals surface area contributed by atoms with Gasteiger partial charge in [-0.25, -0.2) is 4.39 Å². The summed E-state index contributed by atoms with van der Waals surface area (Å²) in [5.74, 6) is -1.06. The van der Waals surface area contributed by atoms with Gasteiger partial charge in [0.25, 0.3) is 5.91 Å². The van der Waals surface area contributed by atoms with Crippen LogP contribution in [0.1, 0.15) is 22.3 Å². The van der Waals surface area contributed by atoms with Crippen LogP contribution in [0.3, 0.4) is 0 Å². The smallest absolute Gasteiger partial charge is 0.256 e. The molecule has 20 heavy (non-hydrogen) atoms. The highest BCUT2D eigenvalue weighted by molar-refractivity contribution is 5.99. The van der Waals surface area contributed by atoms with E-state index in [-0.39, 0.29) is 11.3 Å². The monoisotopic (exact) mass is 272 g/mol. The van der Waals surface area contributed by atoms with E-state index in [1.807, 2.05) is 30.3 Å². The van der Waals surface area contributed by atoms with Gasteiger partial charge in [0.1, 0.15) is 5.82 Å². The number of carbonyl (C=O) groups is 1. The third-order valence-electron chi connectivity index (χ3n) is 3.04. The molecule has 3 nitrogen and oxygen atoms in total. The van der Waals surface area contributed by atoms with Gasteiger partial charge in [-0.1, -0.05) is 36.4 Å². The van der Waals surface area contributed by atoms with Crippen LogP contribution in [0, 0.1) is 5.82 Å². The minimum Gasteiger partial charge on any atom is -0.398 e. The Morgan fingerprint density at radius 2 is 1.85 bits per heavy atom. The lowest BCUT2D eigenvalue weighted by atomic mass is 10.1. The van der Waals surface area contributed by atoms with E-state index in [9.17, 15) is 9.18 Å². The van der Waals surface area contributed by atoms with Crippen molar-refractivity contribution < 1.29 is 9.18 Å². The number of nitrogens with two attached hydrogens (primary N) is 1. The number of rotatable bonds is 5. The van der Waals surface area contributed by atoms with Crippen LogP contribution in [0.2, 0.25) is 0 Å². The van der Waals surface area contributed by atoms with Gasteiger partial charge in [0.15, 0.2) is 0 Å². The highest BCUT2D eigenvalue weighted by Gasteiger charge is 2.14. The quantitative estimate of drug-likeness (QED) is 0.649. The molecule has 104 valence electrons. The van der Waals surface area contributed by atoms with Gasteiger partial charge in [0.2, 0.25) is 0 Å². The predicted octanol–water partition coefficient (Wildman–Crippen LogP) is 2.77. The largest absolute Gasteiger partial charge is 0.398 e. The fourth-order valence-electron chi connectivity index (χ4n) is 2.01. The third-order valence-corrected chi connectivity index (χ3v) is 3.04. The molecule has 0 saturated heterocycles. The summed E-state index contributed by atoms with van der Waals surface area (Å²) in [4.78, 5) is 11.9. The van der Waals surface area contributed by atoms with Gasteiger partial charge < -0.3 is 11.1 Å². The van der Waals surface area contributed by atoms with Gasteiger partial charge in [-0.05, 0) is 30.5 Å². The van der Waals surface area contributed by atoms with Crippen LogP contribution in [0.4, 0.5) is 10.1 Å². The Balaban J connectivity index is 1.84. The summed E-state index contributed by atoms with van der Waals surface area (Å²) in [6, 6.07) is 14.2. The van der Waals surface area contributed by atoms with E-state index < -0.39 is 11.7 Å². The van der Waals surface area contributed by atoms with Crippen molar-refractivity contribution in [3.63, 3.8) is 0 Å². The van der Waals surface area contributed by atoms with Crippen molar-refractivity contribution in [1.29, 1.82) is 0 Å². The highest BCUT2D eigenvalue weighted by atomic mass is 19.1. The van der Waals surface area contributed by atoms with Gasteiger partial charge in [-0.15, -0.1) is 0 Å². The molecule has 0 saturated carbocycles. The number of amides is 1. The Morgan fingerprint density at radius 3 is 2.55 bits per heavy atom. The van der Waals surface area contributed by atoms with E-state index in [2.05, 4.69) is 5.32 Å². The first-order valence-corrected chi connectivity index (χ1v) is 6.54. The lowest BCUT2D eigenvalue weighted by molar-refractivity contribution is 0.0950. The van der Waals surface area contributed by atoms with Crippen molar-refractivity contribution in [1.82, 2.24) is 5.32 Å². The molecule has 0 aliphatic carbocycles. The number of hydrogen-bond acceptors (Lipinski definition) is 2. The molecule has 0 radical (unpaired) electrons. The van der Waals surface area contributed by atoms with Crippen LogP contribution < -0.4 is 11.1 Å². The number of halogens is 1. The second-order valence-corrected chi connectivity index (χ2v) is 4.55. The van der Waals surface area contributed by atoms with Crippen LogP contribution in [0.15, 0.2) is 48.5 Å². The number of carbonyl (C=O) groups excluding carboxylic acids is 1. The molecule has 0 bridgehead atoms. The zero-order valence-corrected chi connectivity index (χ0v) is 11.1. The fraction of sp³-hybridized carbons (Fsp3) is 0.188. The number of nitrogens with one attached hydrogen (secondary N) is 1. The Morgan fingerprint density at radius 1 is 1.10 bits per heavy atom. The molecule has 0 unspecified atom stereocenters. The van der Waals surface area contributed by atoms with Crippen molar-refractivity contribution in [2.24, 2.45) is 0 Å². The van der Waals surface area contributed by atoms with Gasteiger partial charge in [0.05, 0.1) is 5.56 Å². The van der Waals surface area contributed by atoms with Gasteiger partial charge in [-0.3, -0.25) is 4.79 Å². The van der Waals surface area contributed by atoms with E-state index in [0.717, 1.165) is 12.8 Å². The minimum atomic E-state index is -0.592. The summed E-state index contributed by atoms with van der Waals surface area (Å²) < 4.78 is 13.5. The van der Waals surface area contributed by atoms with E-state index in [4.69, 9.17) is 5.73 Å². The maximum Gasteiger partial charge on any atom is 0.256 e. The Kier molecular flexibility index (Phi) is 4.71. The summed E-state index contributed by atoms with van der Waals surface area (Å²) in [6.45, 7) is 0.488. The molecule has 0 heterocycles. The minimum absolute atomic E-state index is 0.0767. The zero-order chi connectivity index (χ0) is 14.4. The lowest BCUT2D eigenvalue weighted by Crippen LogP contribution is -2.26. The molecule has 2 aromatic carbocycles. The summed E-state index contributed by atoms with van der Waals surface area (Å²) >= 11 is 0. The first kappa shape index (κ1) is 14.1. The molecule has 0 spiro atoms. The first-order valence-electron chi connectivity index (χ1n) is 6.54. The summed E-state index contributed by atoms with van der Waals surface area (Å²) in [7, 11) is 0. The van der Waals surface area contributed by atoms with Crippen molar-refractivity contribution in [2.75, 3.05) is 12.3 Å². The lowest BCUT2D eigenvalue weighted by Gasteiger charge is -2.08. The molecular weight excluding hydrogens is 255 g/mol. The van der Waals surface area contributed by atoms with Crippen molar-refractivity contribution >= 4 is 11.6 Å². The van der Waals surface area contributed by atoms with Crippen LogP contribution >= 0.6 is 0 Å². The summed E-state index contributed by atoms with van der Waals surface area (Å²) in [6.07, 6.45) is 1.66. The molecule has 3 N–H and O–H groups in total. The topological polar surface area (TPSA) is 55.1 Å². The van der Waals surface area contributed by atoms with Crippen LogP contribution in [-0.2, 0) is 6.42 Å². The average Bonchev–Trinajstić information content (AvgIpc) is 2.44. The Bertz CT molecular complexity index is 564. The van der Waals surface area contributed by atoms with E-state index in [1.54, 1.807) is 0 Å². The van der Waals surface area contributed by atoms with Crippen LogP contribution in [-0.4, -0.2) is 12.5 Å². The van der Waals surface area contributed by atoms with Crippen molar-refractivity contribution in [3.8, 4) is 0 Å². The number of nitrogen functional groups attached to an aromatic ring is 1. The molecule has 2 aromatic rings. The maximum atomic E-state index is 13.5. The second kappa shape index (κ2) is 6.70. The average molecular weight is 272 g/mol. The number of hydrogen-bond donors (Lipinski definition) is 2. The Hall–Kier alpha value is -2.36. The molecule has 1 amide bonds. The molecule has 0 aliphatic heterocycles. The second-order valence-electron chi connectivity index (χ2n) is 4.55. The van der Waals surface area contributed by atoms with E-state index >= 15 is 0 Å². The SMILES string of the molecule is Nc1cccc(F)c1C(=O)NCCCc1ccccc1. The number of benzene rings is 2. The fourth-order valence-corrected chi connectivity index (χ4v) is 2.01. The molecule has 4 heteroatoms. The number of anilines is 1. The zero-order valence-electron chi connectivity index (χ0n) is 11.1. The van der Waals surface area contributed by atoms with Gasteiger partial charge in [0, 0.05) is 12.2 Å².